The van der Waals surface area contributed by atoms with Crippen LogP contribution in [0.5, 0.6) is 0 Å². The van der Waals surface area contributed by atoms with E-state index in [9.17, 15) is 9.90 Å². The van der Waals surface area contributed by atoms with Crippen LogP contribution < -0.4 is 5.32 Å². The molecule has 0 spiro atoms. The van der Waals surface area contributed by atoms with Crippen LogP contribution in [-0.2, 0) is 16.8 Å². The molecular weight excluding hydrogens is 250 g/mol. The van der Waals surface area contributed by atoms with Crippen molar-refractivity contribution < 1.29 is 9.90 Å². The summed E-state index contributed by atoms with van der Waals surface area (Å²) in [5.41, 5.74) is 2.96. The number of carboxylic acid groups (broad SMARTS) is 1. The molecule has 0 fully saturated rings. The molecule has 1 aliphatic rings. The molecule has 0 radical (unpaired) electrons. The summed E-state index contributed by atoms with van der Waals surface area (Å²) in [6.45, 7) is 2.00. The van der Waals surface area contributed by atoms with E-state index in [2.05, 4.69) is 5.32 Å². The second kappa shape index (κ2) is 4.67. The number of carbonyl (C=O) groups is 1. The fourth-order valence-corrected chi connectivity index (χ4v) is 2.99. The molecule has 0 bridgehead atoms. The second-order valence-electron chi connectivity index (χ2n) is 5.36. The van der Waals surface area contributed by atoms with E-state index in [4.69, 9.17) is 0 Å². The van der Waals surface area contributed by atoms with E-state index < -0.39 is 11.5 Å². The summed E-state index contributed by atoms with van der Waals surface area (Å²) in [6.07, 6.45) is 1.37. The number of fused-ring (bicyclic) bond motifs is 1. The lowest BCUT2D eigenvalue weighted by atomic mass is 9.91. The standard InChI is InChI=1S/C17H17NO2/c1-12-5-4-7-14(11-12)18-17(16(19)20)10-9-13-6-2-3-8-15(13)17/h2-8,11,18H,9-10H2,1H3,(H,19,20). The lowest BCUT2D eigenvalue weighted by Gasteiger charge is -2.28. The lowest BCUT2D eigenvalue weighted by molar-refractivity contribution is -0.142. The molecule has 0 saturated carbocycles. The number of anilines is 1. The van der Waals surface area contributed by atoms with Crippen molar-refractivity contribution >= 4 is 11.7 Å². The number of rotatable bonds is 3. The summed E-state index contributed by atoms with van der Waals surface area (Å²) < 4.78 is 0. The summed E-state index contributed by atoms with van der Waals surface area (Å²) >= 11 is 0. The highest BCUT2D eigenvalue weighted by Gasteiger charge is 2.45. The summed E-state index contributed by atoms with van der Waals surface area (Å²) in [7, 11) is 0. The van der Waals surface area contributed by atoms with Crippen LogP contribution in [0.3, 0.4) is 0 Å². The zero-order valence-electron chi connectivity index (χ0n) is 11.4. The van der Waals surface area contributed by atoms with Crippen molar-refractivity contribution in [3.8, 4) is 0 Å². The van der Waals surface area contributed by atoms with E-state index in [1.807, 2.05) is 55.5 Å². The average molecular weight is 267 g/mol. The number of aryl methyl sites for hydroxylation is 2. The van der Waals surface area contributed by atoms with Crippen LogP contribution in [0.25, 0.3) is 0 Å². The number of carboxylic acids is 1. The predicted octanol–water partition coefficient (Wildman–Crippen LogP) is 3.33. The van der Waals surface area contributed by atoms with Gasteiger partial charge in [0.15, 0.2) is 5.54 Å². The Morgan fingerprint density at radius 3 is 2.75 bits per heavy atom. The fraction of sp³-hybridized carbons (Fsp3) is 0.235. The largest absolute Gasteiger partial charge is 0.479 e. The quantitative estimate of drug-likeness (QED) is 0.896. The van der Waals surface area contributed by atoms with E-state index in [1.54, 1.807) is 0 Å². The molecule has 0 amide bonds. The van der Waals surface area contributed by atoms with Crippen molar-refractivity contribution in [1.29, 1.82) is 0 Å². The van der Waals surface area contributed by atoms with Crippen molar-refractivity contribution in [1.82, 2.24) is 0 Å². The first kappa shape index (κ1) is 12.7. The Morgan fingerprint density at radius 1 is 1.20 bits per heavy atom. The first-order valence-corrected chi connectivity index (χ1v) is 6.78. The number of nitrogens with one attached hydrogen (secondary N) is 1. The van der Waals surface area contributed by atoms with E-state index in [0.29, 0.717) is 6.42 Å². The minimum Gasteiger partial charge on any atom is -0.479 e. The highest BCUT2D eigenvalue weighted by molar-refractivity contribution is 5.86. The Hall–Kier alpha value is -2.29. The Balaban J connectivity index is 2.05. The van der Waals surface area contributed by atoms with Crippen molar-refractivity contribution in [2.75, 3.05) is 5.32 Å². The maximum Gasteiger partial charge on any atom is 0.334 e. The maximum atomic E-state index is 11.9. The molecule has 0 aromatic heterocycles. The summed E-state index contributed by atoms with van der Waals surface area (Å²) in [5.74, 6) is -0.816. The normalized spacial score (nSPS) is 20.4. The highest BCUT2D eigenvalue weighted by Crippen LogP contribution is 2.39. The van der Waals surface area contributed by atoms with Crippen molar-refractivity contribution in [2.45, 2.75) is 25.3 Å². The predicted molar refractivity (Wildman–Crippen MR) is 78.9 cm³/mol. The maximum absolute atomic E-state index is 11.9. The topological polar surface area (TPSA) is 49.3 Å². The summed E-state index contributed by atoms with van der Waals surface area (Å²) in [4.78, 5) is 11.9. The minimum atomic E-state index is -1.01. The van der Waals surface area contributed by atoms with Crippen LogP contribution in [0, 0.1) is 6.92 Å². The first-order chi connectivity index (χ1) is 9.62. The molecule has 102 valence electrons. The molecule has 3 rings (SSSR count). The Labute approximate surface area is 118 Å². The van der Waals surface area contributed by atoms with E-state index in [0.717, 1.165) is 28.8 Å². The van der Waals surface area contributed by atoms with Crippen LogP contribution in [0.4, 0.5) is 5.69 Å². The van der Waals surface area contributed by atoms with Gasteiger partial charge >= 0.3 is 5.97 Å². The van der Waals surface area contributed by atoms with Gasteiger partial charge in [0, 0.05) is 5.69 Å². The van der Waals surface area contributed by atoms with Crippen LogP contribution in [0.2, 0.25) is 0 Å². The monoisotopic (exact) mass is 267 g/mol. The molecule has 1 aliphatic carbocycles. The molecule has 2 N–H and O–H groups in total. The van der Waals surface area contributed by atoms with Crippen molar-refractivity contribution in [3.05, 3.63) is 65.2 Å². The van der Waals surface area contributed by atoms with Gasteiger partial charge in [0.25, 0.3) is 0 Å². The van der Waals surface area contributed by atoms with E-state index in [1.165, 1.54) is 0 Å². The molecule has 1 unspecified atom stereocenters. The summed E-state index contributed by atoms with van der Waals surface area (Å²) in [5, 5.41) is 13.0. The number of hydrogen-bond donors (Lipinski definition) is 2. The molecule has 1 atom stereocenters. The Morgan fingerprint density at radius 2 is 2.00 bits per heavy atom. The number of aliphatic carboxylic acids is 1. The molecule has 0 aliphatic heterocycles. The van der Waals surface area contributed by atoms with Gasteiger partial charge in [-0.05, 0) is 48.6 Å². The van der Waals surface area contributed by atoms with Crippen molar-refractivity contribution in [3.63, 3.8) is 0 Å². The van der Waals surface area contributed by atoms with Gasteiger partial charge in [0.2, 0.25) is 0 Å². The van der Waals surface area contributed by atoms with Gasteiger partial charge < -0.3 is 10.4 Å². The van der Waals surface area contributed by atoms with Crippen molar-refractivity contribution in [2.24, 2.45) is 0 Å². The van der Waals surface area contributed by atoms with Gasteiger partial charge in [-0.1, -0.05) is 36.4 Å². The third-order valence-electron chi connectivity index (χ3n) is 3.99. The zero-order chi connectivity index (χ0) is 14.2. The Kier molecular flexibility index (Phi) is 2.97. The fourth-order valence-electron chi connectivity index (χ4n) is 2.99. The van der Waals surface area contributed by atoms with Gasteiger partial charge in [-0.15, -0.1) is 0 Å². The van der Waals surface area contributed by atoms with Gasteiger partial charge in [0.1, 0.15) is 0 Å². The van der Waals surface area contributed by atoms with Crippen LogP contribution in [0.1, 0.15) is 23.1 Å². The van der Waals surface area contributed by atoms with E-state index >= 15 is 0 Å². The van der Waals surface area contributed by atoms with Gasteiger partial charge in [-0.2, -0.15) is 0 Å². The van der Waals surface area contributed by atoms with Crippen LogP contribution in [0.15, 0.2) is 48.5 Å². The average Bonchev–Trinajstić information content (AvgIpc) is 2.79. The minimum absolute atomic E-state index is 0.579. The number of hydrogen-bond acceptors (Lipinski definition) is 2. The Bertz CT molecular complexity index is 666. The first-order valence-electron chi connectivity index (χ1n) is 6.78. The number of benzene rings is 2. The van der Waals surface area contributed by atoms with Crippen LogP contribution in [-0.4, -0.2) is 11.1 Å². The third kappa shape index (κ3) is 1.95. The molecule has 3 heteroatoms. The van der Waals surface area contributed by atoms with Gasteiger partial charge in [0.05, 0.1) is 0 Å². The van der Waals surface area contributed by atoms with Gasteiger partial charge in [-0.25, -0.2) is 4.79 Å². The van der Waals surface area contributed by atoms with Crippen LogP contribution >= 0.6 is 0 Å². The highest BCUT2D eigenvalue weighted by atomic mass is 16.4. The lowest BCUT2D eigenvalue weighted by Crippen LogP contribution is -2.41. The third-order valence-corrected chi connectivity index (χ3v) is 3.99. The van der Waals surface area contributed by atoms with E-state index in [-0.39, 0.29) is 0 Å². The second-order valence-corrected chi connectivity index (χ2v) is 5.36. The zero-order valence-corrected chi connectivity index (χ0v) is 11.4. The molecular formula is C17H17NO2. The molecule has 3 nitrogen and oxygen atoms in total. The van der Waals surface area contributed by atoms with Gasteiger partial charge in [-0.3, -0.25) is 0 Å². The summed E-state index contributed by atoms with van der Waals surface area (Å²) in [6, 6.07) is 15.6. The smallest absolute Gasteiger partial charge is 0.334 e. The molecule has 20 heavy (non-hydrogen) atoms. The SMILES string of the molecule is Cc1cccc(NC2(C(=O)O)CCc3ccccc32)c1. The molecule has 2 aromatic rings. The molecule has 0 saturated heterocycles. The molecule has 2 aromatic carbocycles. The molecule has 0 heterocycles.